The number of carbonyl (C=O) groups is 4. The maximum absolute atomic E-state index is 12.9. The fourth-order valence-corrected chi connectivity index (χ4v) is 3.51. The second kappa shape index (κ2) is 16.9. The third kappa shape index (κ3) is 11.5. The number of amides is 3. The first-order chi connectivity index (χ1) is 16.7. The summed E-state index contributed by atoms with van der Waals surface area (Å²) >= 11 is 4.14. The Bertz CT molecular complexity index is 795. The monoisotopic (exact) mass is 514 g/mol. The number of carboxylic acid groups (broad SMARTS) is 1. The Hall–Kier alpha value is -2.68. The van der Waals surface area contributed by atoms with Crippen molar-refractivity contribution < 1.29 is 24.3 Å². The van der Waals surface area contributed by atoms with Crippen LogP contribution in [0.2, 0.25) is 0 Å². The summed E-state index contributed by atoms with van der Waals surface area (Å²) in [7, 11) is 0. The molecule has 4 unspecified atom stereocenters. The summed E-state index contributed by atoms with van der Waals surface area (Å²) in [6.07, 6.45) is 5.97. The number of unbranched alkanes of at least 4 members (excludes halogenated alkanes) is 2. The molecule has 0 bridgehead atoms. The standard InChI is InChI=1S/C21H38N8O5S/c22-7-3-1-5-15(19(31)28-16(21(33)34)6-2-4-8-23)27-20(32)17(11-35)29-18(30)14(24)9-13-10-25-12-26-13/h10,12,14-17,35H,1-9,11,22-24H2,(H,25,26)(H,27,32)(H,28,31)(H,29,30)(H,33,34). The molecule has 1 rings (SSSR count). The number of carboxylic acids is 1. The van der Waals surface area contributed by atoms with Gasteiger partial charge in [-0.05, 0) is 51.6 Å². The average molecular weight is 515 g/mol. The van der Waals surface area contributed by atoms with Crippen LogP contribution in [0, 0.1) is 0 Å². The number of nitrogens with one attached hydrogen (secondary N) is 4. The molecular formula is C21H38N8O5S. The second-order valence-corrected chi connectivity index (χ2v) is 8.53. The van der Waals surface area contributed by atoms with E-state index >= 15 is 0 Å². The number of rotatable bonds is 18. The van der Waals surface area contributed by atoms with Gasteiger partial charge in [0, 0.05) is 24.1 Å². The van der Waals surface area contributed by atoms with E-state index in [9.17, 15) is 24.3 Å². The number of hydrogen-bond acceptors (Lipinski definition) is 9. The third-order valence-corrected chi connectivity index (χ3v) is 5.65. The number of aliphatic carboxylic acids is 1. The lowest BCUT2D eigenvalue weighted by molar-refractivity contribution is -0.142. The average Bonchev–Trinajstić information content (AvgIpc) is 3.33. The van der Waals surface area contributed by atoms with Gasteiger partial charge in [-0.3, -0.25) is 14.4 Å². The van der Waals surface area contributed by atoms with Gasteiger partial charge in [0.2, 0.25) is 17.7 Å². The zero-order valence-electron chi connectivity index (χ0n) is 19.7. The van der Waals surface area contributed by atoms with Crippen LogP contribution in [-0.4, -0.2) is 81.8 Å². The van der Waals surface area contributed by atoms with E-state index in [-0.39, 0.29) is 25.0 Å². The van der Waals surface area contributed by atoms with Crippen LogP contribution in [0.15, 0.2) is 12.5 Å². The highest BCUT2D eigenvalue weighted by atomic mass is 32.1. The summed E-state index contributed by atoms with van der Waals surface area (Å²) < 4.78 is 0. The van der Waals surface area contributed by atoms with E-state index in [0.717, 1.165) is 0 Å². The Labute approximate surface area is 210 Å². The van der Waals surface area contributed by atoms with Crippen LogP contribution < -0.4 is 33.2 Å². The molecule has 0 radical (unpaired) electrons. The van der Waals surface area contributed by atoms with Gasteiger partial charge in [0.25, 0.3) is 0 Å². The molecule has 0 aliphatic heterocycles. The van der Waals surface area contributed by atoms with Gasteiger partial charge in [-0.2, -0.15) is 12.6 Å². The number of hydrogen-bond donors (Lipinski definition) is 9. The van der Waals surface area contributed by atoms with Gasteiger partial charge < -0.3 is 43.2 Å². The lowest BCUT2D eigenvalue weighted by Crippen LogP contribution is -2.57. The van der Waals surface area contributed by atoms with Crippen LogP contribution in [0.4, 0.5) is 0 Å². The molecule has 0 aliphatic rings. The van der Waals surface area contributed by atoms with E-state index in [2.05, 4.69) is 38.5 Å². The number of nitrogens with two attached hydrogens (primary N) is 3. The molecule has 4 atom stereocenters. The fraction of sp³-hybridized carbons (Fsp3) is 0.667. The van der Waals surface area contributed by atoms with Crippen molar-refractivity contribution in [1.29, 1.82) is 0 Å². The minimum absolute atomic E-state index is 0.0394. The van der Waals surface area contributed by atoms with Crippen LogP contribution in [0.1, 0.15) is 44.2 Å². The summed E-state index contributed by atoms with van der Waals surface area (Å²) in [6.45, 7) is 0.823. The SMILES string of the molecule is NCCCCC(NC(=O)C(CCCCN)NC(=O)C(CS)NC(=O)C(N)Cc1cnc[nH]1)C(=O)O. The van der Waals surface area contributed by atoms with E-state index < -0.39 is 47.9 Å². The van der Waals surface area contributed by atoms with Gasteiger partial charge >= 0.3 is 5.97 Å². The Morgan fingerprint density at radius 1 is 0.914 bits per heavy atom. The summed E-state index contributed by atoms with van der Waals surface area (Å²) in [5.41, 5.74) is 17.6. The molecule has 1 aromatic heterocycles. The topological polar surface area (TPSA) is 231 Å². The van der Waals surface area contributed by atoms with Gasteiger partial charge in [0.1, 0.15) is 18.1 Å². The van der Waals surface area contributed by atoms with Crippen LogP contribution in [0.25, 0.3) is 0 Å². The van der Waals surface area contributed by atoms with Crippen LogP contribution in [0.3, 0.4) is 0 Å². The molecule has 1 aromatic rings. The fourth-order valence-electron chi connectivity index (χ4n) is 3.26. The predicted octanol–water partition coefficient (Wildman–Crippen LogP) is -1.99. The van der Waals surface area contributed by atoms with Crippen molar-refractivity contribution in [2.45, 2.75) is 69.1 Å². The van der Waals surface area contributed by atoms with Crippen LogP contribution in [-0.2, 0) is 25.6 Å². The molecule has 0 fully saturated rings. The van der Waals surface area contributed by atoms with Crippen molar-refractivity contribution in [3.05, 3.63) is 18.2 Å². The molecule has 0 saturated carbocycles. The number of carbonyl (C=O) groups excluding carboxylic acids is 3. The predicted molar refractivity (Wildman–Crippen MR) is 133 cm³/mol. The number of thiol groups is 1. The number of imidazole rings is 1. The first kappa shape index (κ1) is 30.4. The molecule has 13 nitrogen and oxygen atoms in total. The maximum Gasteiger partial charge on any atom is 0.326 e. The van der Waals surface area contributed by atoms with E-state index in [1.807, 2.05) is 0 Å². The number of H-pyrrole nitrogens is 1. The Balaban J connectivity index is 2.79. The summed E-state index contributed by atoms with van der Waals surface area (Å²) in [5.74, 6) is -3.04. The summed E-state index contributed by atoms with van der Waals surface area (Å²) in [4.78, 5) is 56.5. The van der Waals surface area contributed by atoms with Crippen molar-refractivity contribution in [2.75, 3.05) is 18.8 Å². The lowest BCUT2D eigenvalue weighted by atomic mass is 10.1. The number of aromatic nitrogens is 2. The molecule has 0 saturated heterocycles. The highest BCUT2D eigenvalue weighted by molar-refractivity contribution is 7.80. The Morgan fingerprint density at radius 3 is 1.97 bits per heavy atom. The molecule has 11 N–H and O–H groups in total. The van der Waals surface area contributed by atoms with E-state index in [1.165, 1.54) is 6.33 Å². The van der Waals surface area contributed by atoms with Crippen LogP contribution in [0.5, 0.6) is 0 Å². The van der Waals surface area contributed by atoms with Gasteiger partial charge in [-0.25, -0.2) is 9.78 Å². The molecule has 14 heteroatoms. The smallest absolute Gasteiger partial charge is 0.326 e. The molecule has 0 aliphatic carbocycles. The Kier molecular flexibility index (Phi) is 14.6. The molecule has 1 heterocycles. The molecule has 3 amide bonds. The zero-order valence-corrected chi connectivity index (χ0v) is 20.6. The van der Waals surface area contributed by atoms with Crippen molar-refractivity contribution in [2.24, 2.45) is 17.2 Å². The minimum atomic E-state index is -1.17. The van der Waals surface area contributed by atoms with Gasteiger partial charge in [0.05, 0.1) is 12.4 Å². The minimum Gasteiger partial charge on any atom is -0.480 e. The maximum atomic E-state index is 12.9. The number of aromatic amines is 1. The first-order valence-corrected chi connectivity index (χ1v) is 12.2. The molecular weight excluding hydrogens is 476 g/mol. The van der Waals surface area contributed by atoms with Gasteiger partial charge in [-0.1, -0.05) is 0 Å². The molecule has 0 spiro atoms. The number of nitrogens with zero attached hydrogens (tertiary/aromatic N) is 1. The largest absolute Gasteiger partial charge is 0.480 e. The first-order valence-electron chi connectivity index (χ1n) is 11.6. The van der Waals surface area contributed by atoms with Gasteiger partial charge in [-0.15, -0.1) is 0 Å². The highest BCUT2D eigenvalue weighted by Gasteiger charge is 2.29. The van der Waals surface area contributed by atoms with Crippen LogP contribution >= 0.6 is 12.6 Å². The summed E-state index contributed by atoms with van der Waals surface area (Å²) in [6, 6.07) is -4.10. The van der Waals surface area contributed by atoms with E-state index in [1.54, 1.807) is 6.20 Å². The quantitative estimate of drug-likeness (QED) is 0.0778. The van der Waals surface area contributed by atoms with Crippen molar-refractivity contribution in [1.82, 2.24) is 25.9 Å². The van der Waals surface area contributed by atoms with E-state index in [0.29, 0.717) is 44.5 Å². The zero-order chi connectivity index (χ0) is 26.2. The molecule has 0 aromatic carbocycles. The van der Waals surface area contributed by atoms with Crippen molar-refractivity contribution >= 4 is 36.3 Å². The lowest BCUT2D eigenvalue weighted by Gasteiger charge is -2.24. The highest BCUT2D eigenvalue weighted by Crippen LogP contribution is 2.06. The van der Waals surface area contributed by atoms with Crippen molar-refractivity contribution in [3.63, 3.8) is 0 Å². The molecule has 198 valence electrons. The van der Waals surface area contributed by atoms with E-state index in [4.69, 9.17) is 17.2 Å². The normalized spacial score (nSPS) is 14.4. The Morgan fingerprint density at radius 2 is 1.46 bits per heavy atom. The van der Waals surface area contributed by atoms with Crippen molar-refractivity contribution in [3.8, 4) is 0 Å². The second-order valence-electron chi connectivity index (χ2n) is 8.16. The summed E-state index contributed by atoms with van der Waals surface area (Å²) in [5, 5.41) is 17.1. The van der Waals surface area contributed by atoms with Gasteiger partial charge in [0.15, 0.2) is 0 Å². The third-order valence-electron chi connectivity index (χ3n) is 5.29. The molecule has 35 heavy (non-hydrogen) atoms.